The number of amides is 2. The molecule has 0 aromatic heterocycles. The minimum absolute atomic E-state index is 0.00155. The summed E-state index contributed by atoms with van der Waals surface area (Å²) in [5.41, 5.74) is 5.75. The maximum Gasteiger partial charge on any atom is 0.242 e. The van der Waals surface area contributed by atoms with Gasteiger partial charge in [0.25, 0.3) is 0 Å². The second-order valence-corrected chi connectivity index (χ2v) is 6.75. The summed E-state index contributed by atoms with van der Waals surface area (Å²) in [4.78, 5) is 26.2. The van der Waals surface area contributed by atoms with E-state index in [0.29, 0.717) is 31.6 Å². The second-order valence-electron chi connectivity index (χ2n) is 6.34. The first-order valence-electron chi connectivity index (χ1n) is 7.73. The SMILES string of the molecule is NC1(C(=O)N2CCC(C(=O)Nc3ccc(F)c(Cl)c3)CC2)CC1. The Hall–Kier alpha value is -1.66. The smallest absolute Gasteiger partial charge is 0.242 e. The van der Waals surface area contributed by atoms with Crippen molar-refractivity contribution in [3.63, 3.8) is 0 Å². The predicted octanol–water partition coefficient (Wildman–Crippen LogP) is 2.15. The van der Waals surface area contributed by atoms with Crippen LogP contribution in [-0.2, 0) is 9.59 Å². The largest absolute Gasteiger partial charge is 0.341 e. The van der Waals surface area contributed by atoms with E-state index in [1.807, 2.05) is 0 Å². The van der Waals surface area contributed by atoms with Crippen LogP contribution in [0, 0.1) is 11.7 Å². The lowest BCUT2D eigenvalue weighted by molar-refractivity contribution is -0.136. The quantitative estimate of drug-likeness (QED) is 0.886. The highest BCUT2D eigenvalue weighted by molar-refractivity contribution is 6.31. The standard InChI is InChI=1S/C16H19ClFN3O2/c17-12-9-11(1-2-13(12)18)20-14(22)10-3-7-21(8-4-10)15(23)16(19)5-6-16/h1-2,9-10H,3-8,19H2,(H,20,22). The highest BCUT2D eigenvalue weighted by Gasteiger charge is 2.48. The van der Waals surface area contributed by atoms with Crippen LogP contribution in [-0.4, -0.2) is 35.3 Å². The number of hydrogen-bond donors (Lipinski definition) is 2. The molecule has 1 saturated carbocycles. The lowest BCUT2D eigenvalue weighted by Crippen LogP contribution is -2.49. The summed E-state index contributed by atoms with van der Waals surface area (Å²) in [6.45, 7) is 1.08. The second kappa shape index (κ2) is 6.09. The highest BCUT2D eigenvalue weighted by atomic mass is 35.5. The van der Waals surface area contributed by atoms with Crippen molar-refractivity contribution in [1.82, 2.24) is 4.90 Å². The van der Waals surface area contributed by atoms with E-state index in [2.05, 4.69) is 5.32 Å². The van der Waals surface area contributed by atoms with Gasteiger partial charge in [-0.05, 0) is 43.9 Å². The van der Waals surface area contributed by atoms with E-state index in [-0.39, 0.29) is 22.8 Å². The van der Waals surface area contributed by atoms with Gasteiger partial charge >= 0.3 is 0 Å². The molecule has 1 aliphatic carbocycles. The average molecular weight is 340 g/mol. The summed E-state index contributed by atoms with van der Waals surface area (Å²) in [5.74, 6) is -0.821. The molecule has 0 atom stereocenters. The van der Waals surface area contributed by atoms with Crippen molar-refractivity contribution in [3.8, 4) is 0 Å². The Morgan fingerprint density at radius 2 is 1.96 bits per heavy atom. The van der Waals surface area contributed by atoms with Crippen molar-refractivity contribution in [2.24, 2.45) is 11.7 Å². The molecular weight excluding hydrogens is 321 g/mol. The number of rotatable bonds is 3. The number of likely N-dealkylation sites (tertiary alicyclic amines) is 1. The first-order chi connectivity index (χ1) is 10.9. The first-order valence-corrected chi connectivity index (χ1v) is 8.11. The molecule has 7 heteroatoms. The summed E-state index contributed by atoms with van der Waals surface area (Å²) in [6.07, 6.45) is 2.69. The van der Waals surface area contributed by atoms with Gasteiger partial charge in [0.05, 0.1) is 10.6 Å². The number of carbonyl (C=O) groups excluding carboxylic acids is 2. The summed E-state index contributed by atoms with van der Waals surface area (Å²) in [7, 11) is 0. The summed E-state index contributed by atoms with van der Waals surface area (Å²) >= 11 is 5.70. The van der Waals surface area contributed by atoms with Crippen LogP contribution in [0.25, 0.3) is 0 Å². The van der Waals surface area contributed by atoms with Crippen LogP contribution in [0.15, 0.2) is 18.2 Å². The van der Waals surface area contributed by atoms with E-state index in [9.17, 15) is 14.0 Å². The van der Waals surface area contributed by atoms with E-state index < -0.39 is 11.4 Å². The number of nitrogens with one attached hydrogen (secondary N) is 1. The lowest BCUT2D eigenvalue weighted by Gasteiger charge is -2.33. The van der Waals surface area contributed by atoms with Gasteiger partial charge in [0, 0.05) is 24.7 Å². The molecule has 5 nitrogen and oxygen atoms in total. The van der Waals surface area contributed by atoms with Crippen LogP contribution >= 0.6 is 11.6 Å². The van der Waals surface area contributed by atoms with Crippen molar-refractivity contribution in [1.29, 1.82) is 0 Å². The van der Waals surface area contributed by atoms with E-state index in [4.69, 9.17) is 17.3 Å². The van der Waals surface area contributed by atoms with E-state index in [1.165, 1.54) is 18.2 Å². The number of hydrogen-bond acceptors (Lipinski definition) is 3. The molecule has 23 heavy (non-hydrogen) atoms. The first kappa shape index (κ1) is 16.2. The Morgan fingerprint density at radius 1 is 1.30 bits per heavy atom. The highest BCUT2D eigenvalue weighted by Crippen LogP contribution is 2.35. The van der Waals surface area contributed by atoms with Gasteiger partial charge in [-0.3, -0.25) is 9.59 Å². The normalized spacial score (nSPS) is 20.2. The summed E-state index contributed by atoms with van der Waals surface area (Å²) in [6, 6.07) is 4.08. The topological polar surface area (TPSA) is 75.4 Å². The van der Waals surface area contributed by atoms with E-state index in [1.54, 1.807) is 4.90 Å². The number of nitrogens with zero attached hydrogens (tertiary/aromatic N) is 1. The van der Waals surface area contributed by atoms with Gasteiger partial charge < -0.3 is 16.0 Å². The van der Waals surface area contributed by atoms with Crippen molar-refractivity contribution in [2.45, 2.75) is 31.2 Å². The molecule has 3 rings (SSSR count). The fraction of sp³-hybridized carbons (Fsp3) is 0.500. The maximum atomic E-state index is 13.1. The van der Waals surface area contributed by atoms with Crippen molar-refractivity contribution < 1.29 is 14.0 Å². The number of anilines is 1. The van der Waals surface area contributed by atoms with Crippen molar-refractivity contribution >= 4 is 29.1 Å². The van der Waals surface area contributed by atoms with Gasteiger partial charge in [-0.15, -0.1) is 0 Å². The zero-order valence-electron chi connectivity index (χ0n) is 12.6. The lowest BCUT2D eigenvalue weighted by atomic mass is 9.95. The van der Waals surface area contributed by atoms with Crippen molar-refractivity contribution in [3.05, 3.63) is 29.0 Å². The van der Waals surface area contributed by atoms with E-state index in [0.717, 1.165) is 12.8 Å². The Morgan fingerprint density at radius 3 is 2.52 bits per heavy atom. The van der Waals surface area contributed by atoms with Gasteiger partial charge in [-0.2, -0.15) is 0 Å². The van der Waals surface area contributed by atoms with Gasteiger partial charge in [0.1, 0.15) is 5.82 Å². The molecule has 2 fully saturated rings. The molecule has 0 spiro atoms. The molecular formula is C16H19ClFN3O2. The number of piperidine rings is 1. The number of carbonyl (C=O) groups is 2. The molecule has 1 aliphatic heterocycles. The zero-order valence-corrected chi connectivity index (χ0v) is 13.4. The molecule has 1 aromatic rings. The molecule has 2 amide bonds. The Balaban J connectivity index is 1.53. The molecule has 0 unspecified atom stereocenters. The van der Waals surface area contributed by atoms with Gasteiger partial charge in [-0.1, -0.05) is 11.6 Å². The Bertz CT molecular complexity index is 640. The molecule has 124 valence electrons. The van der Waals surface area contributed by atoms with Crippen LogP contribution in [0.4, 0.5) is 10.1 Å². The van der Waals surface area contributed by atoms with Gasteiger partial charge in [0.15, 0.2) is 0 Å². The Labute approximate surface area is 139 Å². The molecule has 1 aromatic carbocycles. The van der Waals surface area contributed by atoms with Crippen LogP contribution in [0.2, 0.25) is 5.02 Å². The minimum Gasteiger partial charge on any atom is -0.341 e. The fourth-order valence-electron chi connectivity index (χ4n) is 2.83. The third kappa shape index (κ3) is 3.48. The van der Waals surface area contributed by atoms with Gasteiger partial charge in [0.2, 0.25) is 11.8 Å². The summed E-state index contributed by atoms with van der Waals surface area (Å²) < 4.78 is 13.1. The van der Waals surface area contributed by atoms with Crippen LogP contribution < -0.4 is 11.1 Å². The number of halogens is 2. The molecule has 3 N–H and O–H groups in total. The van der Waals surface area contributed by atoms with Crippen LogP contribution in [0.3, 0.4) is 0 Å². The average Bonchev–Trinajstić information content (AvgIpc) is 3.29. The van der Waals surface area contributed by atoms with Crippen LogP contribution in [0.1, 0.15) is 25.7 Å². The molecule has 2 aliphatic rings. The van der Waals surface area contributed by atoms with E-state index >= 15 is 0 Å². The third-order valence-corrected chi connectivity index (χ3v) is 4.84. The third-order valence-electron chi connectivity index (χ3n) is 4.55. The van der Waals surface area contributed by atoms with Gasteiger partial charge in [-0.25, -0.2) is 4.39 Å². The molecule has 0 radical (unpaired) electrons. The van der Waals surface area contributed by atoms with Crippen LogP contribution in [0.5, 0.6) is 0 Å². The molecule has 1 saturated heterocycles. The fourth-order valence-corrected chi connectivity index (χ4v) is 3.01. The number of nitrogens with two attached hydrogens (primary N) is 1. The zero-order chi connectivity index (χ0) is 16.6. The maximum absolute atomic E-state index is 13.1. The predicted molar refractivity (Wildman–Crippen MR) is 85.5 cm³/mol. The molecule has 0 bridgehead atoms. The summed E-state index contributed by atoms with van der Waals surface area (Å²) in [5, 5.41) is 2.72. The number of benzene rings is 1. The minimum atomic E-state index is -0.653. The molecule has 1 heterocycles. The Kier molecular flexibility index (Phi) is 4.29. The monoisotopic (exact) mass is 339 g/mol. The van der Waals surface area contributed by atoms with Crippen molar-refractivity contribution in [2.75, 3.05) is 18.4 Å².